The van der Waals surface area contributed by atoms with E-state index in [9.17, 15) is 9.90 Å². The molecular formula is C13H25NO3. The Bertz CT molecular complexity index is 237. The molecule has 1 unspecified atom stereocenters. The fourth-order valence-electron chi connectivity index (χ4n) is 2.49. The van der Waals surface area contributed by atoms with Gasteiger partial charge in [0.2, 0.25) is 0 Å². The first-order valence-corrected chi connectivity index (χ1v) is 6.68. The van der Waals surface area contributed by atoms with Crippen LogP contribution < -0.4 is 5.32 Å². The average molecular weight is 243 g/mol. The Labute approximate surface area is 104 Å². The van der Waals surface area contributed by atoms with Crippen molar-refractivity contribution < 1.29 is 14.6 Å². The van der Waals surface area contributed by atoms with E-state index < -0.39 is 0 Å². The van der Waals surface area contributed by atoms with Crippen molar-refractivity contribution in [3.05, 3.63) is 0 Å². The Kier molecular flexibility index (Phi) is 5.92. The summed E-state index contributed by atoms with van der Waals surface area (Å²) in [6.45, 7) is 5.12. The van der Waals surface area contributed by atoms with Gasteiger partial charge < -0.3 is 15.2 Å². The number of ether oxygens (including phenoxy) is 1. The van der Waals surface area contributed by atoms with Crippen molar-refractivity contribution in [3.63, 3.8) is 0 Å². The minimum atomic E-state index is -0.237. The molecule has 0 heterocycles. The number of carbonyl (C=O) groups is 1. The summed E-state index contributed by atoms with van der Waals surface area (Å²) in [5.41, 5.74) is -0.0140. The van der Waals surface area contributed by atoms with Gasteiger partial charge in [0.25, 0.3) is 0 Å². The van der Waals surface area contributed by atoms with E-state index in [0.29, 0.717) is 13.2 Å². The Morgan fingerprint density at radius 2 is 2.06 bits per heavy atom. The van der Waals surface area contributed by atoms with Gasteiger partial charge in [0, 0.05) is 18.6 Å². The molecule has 0 aromatic rings. The van der Waals surface area contributed by atoms with Gasteiger partial charge in [-0.1, -0.05) is 19.8 Å². The van der Waals surface area contributed by atoms with E-state index in [-0.39, 0.29) is 24.0 Å². The van der Waals surface area contributed by atoms with Gasteiger partial charge in [-0.25, -0.2) is 0 Å². The summed E-state index contributed by atoms with van der Waals surface area (Å²) in [6, 6.07) is -0.237. The number of aliphatic hydroxyl groups is 1. The average Bonchev–Trinajstić information content (AvgIpc) is 2.80. The monoisotopic (exact) mass is 243 g/mol. The van der Waals surface area contributed by atoms with Crippen LogP contribution in [0.25, 0.3) is 0 Å². The summed E-state index contributed by atoms with van der Waals surface area (Å²) in [6.07, 6.45) is 5.18. The Hall–Kier alpha value is -0.610. The molecule has 0 aliphatic heterocycles. The second-order valence-electron chi connectivity index (χ2n) is 4.96. The Morgan fingerprint density at radius 3 is 2.53 bits per heavy atom. The number of hydrogen-bond acceptors (Lipinski definition) is 4. The van der Waals surface area contributed by atoms with E-state index in [1.807, 2.05) is 13.8 Å². The molecular weight excluding hydrogens is 218 g/mol. The van der Waals surface area contributed by atoms with Crippen LogP contribution in [-0.4, -0.2) is 36.9 Å². The number of carbonyl (C=O) groups excluding carboxylic acids is 1. The Morgan fingerprint density at radius 1 is 1.41 bits per heavy atom. The van der Waals surface area contributed by atoms with Crippen LogP contribution in [0, 0.1) is 5.41 Å². The van der Waals surface area contributed by atoms with Crippen LogP contribution in [0.15, 0.2) is 0 Å². The minimum Gasteiger partial charge on any atom is -0.465 e. The number of hydrogen-bond donors (Lipinski definition) is 2. The van der Waals surface area contributed by atoms with Crippen molar-refractivity contribution >= 4 is 5.97 Å². The first kappa shape index (κ1) is 14.5. The molecule has 17 heavy (non-hydrogen) atoms. The largest absolute Gasteiger partial charge is 0.465 e. The molecule has 0 aromatic carbocycles. The van der Waals surface area contributed by atoms with Gasteiger partial charge >= 0.3 is 5.97 Å². The minimum absolute atomic E-state index is 0.0140. The molecule has 1 rings (SSSR count). The number of nitrogens with one attached hydrogen (secondary N) is 1. The first-order chi connectivity index (χ1) is 8.17. The predicted octanol–water partition coefficient (Wildman–Crippen LogP) is 1.47. The van der Waals surface area contributed by atoms with Crippen LogP contribution >= 0.6 is 0 Å². The second kappa shape index (κ2) is 6.97. The van der Waals surface area contributed by atoms with Gasteiger partial charge in [-0.05, 0) is 26.2 Å². The van der Waals surface area contributed by atoms with Crippen LogP contribution in [0.5, 0.6) is 0 Å². The summed E-state index contributed by atoms with van der Waals surface area (Å²) in [5, 5.41) is 12.7. The van der Waals surface area contributed by atoms with E-state index in [4.69, 9.17) is 4.74 Å². The summed E-state index contributed by atoms with van der Waals surface area (Å²) in [5.74, 6) is -0.180. The number of aliphatic hydroxyl groups excluding tert-OH is 1. The maximum absolute atomic E-state index is 11.6. The third kappa shape index (κ3) is 3.96. The molecule has 0 spiro atoms. The molecule has 4 heteroatoms. The zero-order chi connectivity index (χ0) is 12.7. The van der Waals surface area contributed by atoms with Crippen LogP contribution in [0.2, 0.25) is 0 Å². The predicted molar refractivity (Wildman–Crippen MR) is 66.7 cm³/mol. The van der Waals surface area contributed by atoms with E-state index in [2.05, 4.69) is 5.32 Å². The third-order valence-corrected chi connectivity index (χ3v) is 3.70. The van der Waals surface area contributed by atoms with Crippen molar-refractivity contribution in [1.29, 1.82) is 0 Å². The van der Waals surface area contributed by atoms with Crippen LogP contribution in [0.4, 0.5) is 0 Å². The zero-order valence-electron chi connectivity index (χ0n) is 11.0. The lowest BCUT2D eigenvalue weighted by Crippen LogP contribution is -2.44. The molecule has 1 fully saturated rings. The van der Waals surface area contributed by atoms with Gasteiger partial charge in [0.05, 0.1) is 6.61 Å². The van der Waals surface area contributed by atoms with Crippen LogP contribution in [0.1, 0.15) is 46.0 Å². The molecule has 1 aliphatic rings. The quantitative estimate of drug-likeness (QED) is 0.665. The summed E-state index contributed by atoms with van der Waals surface area (Å²) in [7, 11) is 0. The molecule has 0 amide bonds. The molecule has 1 atom stereocenters. The van der Waals surface area contributed by atoms with Gasteiger partial charge in [0.1, 0.15) is 6.04 Å². The summed E-state index contributed by atoms with van der Waals surface area (Å²) in [4.78, 5) is 11.6. The van der Waals surface area contributed by atoms with Crippen molar-refractivity contribution in [2.45, 2.75) is 52.0 Å². The molecule has 4 nitrogen and oxygen atoms in total. The van der Waals surface area contributed by atoms with Gasteiger partial charge in [-0.2, -0.15) is 0 Å². The molecule has 0 radical (unpaired) electrons. The maximum Gasteiger partial charge on any atom is 0.323 e. The van der Waals surface area contributed by atoms with Crippen LogP contribution in [0.3, 0.4) is 0 Å². The molecule has 2 N–H and O–H groups in total. The first-order valence-electron chi connectivity index (χ1n) is 6.68. The highest BCUT2D eigenvalue weighted by Gasteiger charge is 2.34. The Balaban J connectivity index is 2.43. The standard InChI is InChI=1S/C13H25NO3/c1-3-11(12(16)17-4-2)14-9-13(10-15)7-5-6-8-13/h11,14-15H,3-10H2,1-2H3. The molecule has 100 valence electrons. The smallest absolute Gasteiger partial charge is 0.323 e. The maximum atomic E-state index is 11.6. The molecule has 0 aromatic heterocycles. The topological polar surface area (TPSA) is 58.6 Å². The third-order valence-electron chi connectivity index (χ3n) is 3.70. The van der Waals surface area contributed by atoms with Gasteiger partial charge in [0.15, 0.2) is 0 Å². The molecule has 0 bridgehead atoms. The SMILES string of the molecule is CCOC(=O)C(CC)NCC1(CO)CCCC1. The normalized spacial score (nSPS) is 20.2. The van der Waals surface area contributed by atoms with E-state index in [1.165, 1.54) is 12.8 Å². The van der Waals surface area contributed by atoms with Crippen molar-refractivity contribution in [3.8, 4) is 0 Å². The lowest BCUT2D eigenvalue weighted by atomic mass is 9.87. The molecule has 1 aliphatic carbocycles. The lowest BCUT2D eigenvalue weighted by molar-refractivity contribution is -0.145. The van der Waals surface area contributed by atoms with Gasteiger partial charge in [-0.3, -0.25) is 4.79 Å². The zero-order valence-corrected chi connectivity index (χ0v) is 11.0. The lowest BCUT2D eigenvalue weighted by Gasteiger charge is -2.28. The van der Waals surface area contributed by atoms with E-state index >= 15 is 0 Å². The van der Waals surface area contributed by atoms with E-state index in [0.717, 1.165) is 19.3 Å². The molecule has 0 saturated heterocycles. The van der Waals surface area contributed by atoms with Crippen LogP contribution in [-0.2, 0) is 9.53 Å². The summed E-state index contributed by atoms with van der Waals surface area (Å²) < 4.78 is 5.01. The van der Waals surface area contributed by atoms with Crippen molar-refractivity contribution in [1.82, 2.24) is 5.32 Å². The number of rotatable bonds is 7. The highest BCUT2D eigenvalue weighted by atomic mass is 16.5. The highest BCUT2D eigenvalue weighted by Crippen LogP contribution is 2.37. The van der Waals surface area contributed by atoms with E-state index in [1.54, 1.807) is 0 Å². The highest BCUT2D eigenvalue weighted by molar-refractivity contribution is 5.75. The second-order valence-corrected chi connectivity index (χ2v) is 4.96. The fraction of sp³-hybridized carbons (Fsp3) is 0.923. The fourth-order valence-corrected chi connectivity index (χ4v) is 2.49. The summed E-state index contributed by atoms with van der Waals surface area (Å²) >= 11 is 0. The molecule has 1 saturated carbocycles. The van der Waals surface area contributed by atoms with Gasteiger partial charge in [-0.15, -0.1) is 0 Å². The van der Waals surface area contributed by atoms with Crippen molar-refractivity contribution in [2.75, 3.05) is 19.8 Å². The number of esters is 1. The van der Waals surface area contributed by atoms with Crippen molar-refractivity contribution in [2.24, 2.45) is 5.41 Å².